The summed E-state index contributed by atoms with van der Waals surface area (Å²) in [6, 6.07) is 0. The molecule has 1 aliphatic heterocycles. The van der Waals surface area contributed by atoms with E-state index in [1.165, 1.54) is 0 Å². The van der Waals surface area contributed by atoms with Crippen LogP contribution in [0.15, 0.2) is 0 Å². The van der Waals surface area contributed by atoms with Crippen LogP contribution < -0.4 is 0 Å². The Morgan fingerprint density at radius 2 is 2.31 bits per heavy atom. The van der Waals surface area contributed by atoms with E-state index >= 15 is 0 Å². The molecule has 3 unspecified atom stereocenters. The van der Waals surface area contributed by atoms with Gasteiger partial charge in [-0.05, 0) is 25.8 Å². The van der Waals surface area contributed by atoms with Crippen LogP contribution >= 0.6 is 0 Å². The molecule has 0 aromatic carbocycles. The van der Waals surface area contributed by atoms with Crippen LogP contribution in [0.5, 0.6) is 0 Å². The van der Waals surface area contributed by atoms with Crippen molar-refractivity contribution in [3.8, 4) is 0 Å². The second-order valence-corrected chi connectivity index (χ2v) is 4.14. The van der Waals surface area contributed by atoms with Crippen molar-refractivity contribution in [2.24, 2.45) is 5.92 Å². The maximum absolute atomic E-state index is 9.65. The average Bonchev–Trinajstić information content (AvgIpc) is 2.11. The Balaban J connectivity index is 2.29. The minimum Gasteiger partial charge on any atom is -0.392 e. The third-order valence-corrected chi connectivity index (χ3v) is 2.92. The number of nitrogens with zero attached hydrogens (tertiary/aromatic N) is 1. The number of hydrogen-bond donors (Lipinski definition) is 1. The molecule has 0 aromatic rings. The first kappa shape index (κ1) is 11.0. The van der Waals surface area contributed by atoms with E-state index < -0.39 is 0 Å². The monoisotopic (exact) mass is 187 g/mol. The summed E-state index contributed by atoms with van der Waals surface area (Å²) < 4.78 is 5.19. The molecule has 1 aliphatic rings. The van der Waals surface area contributed by atoms with Gasteiger partial charge in [0.25, 0.3) is 0 Å². The van der Waals surface area contributed by atoms with Crippen molar-refractivity contribution in [3.63, 3.8) is 0 Å². The summed E-state index contributed by atoms with van der Waals surface area (Å²) in [5, 5.41) is 9.65. The quantitative estimate of drug-likeness (QED) is 0.707. The van der Waals surface area contributed by atoms with Gasteiger partial charge in [0.15, 0.2) is 0 Å². The molecule has 0 bridgehead atoms. The Labute approximate surface area is 80.7 Å². The summed E-state index contributed by atoms with van der Waals surface area (Å²) in [7, 11) is 1.73. The number of likely N-dealkylation sites (tertiary alicyclic amines) is 1. The fourth-order valence-electron chi connectivity index (χ4n) is 1.72. The molecular formula is C10H21NO2. The average molecular weight is 187 g/mol. The van der Waals surface area contributed by atoms with E-state index in [1.807, 2.05) is 0 Å². The van der Waals surface area contributed by atoms with Crippen molar-refractivity contribution in [2.45, 2.75) is 32.5 Å². The molecule has 3 nitrogen and oxygen atoms in total. The number of β-amino-alcohol motifs (C(OH)–C–C–N with tert-alkyl or cyclic N) is 1. The first-order chi connectivity index (χ1) is 6.13. The van der Waals surface area contributed by atoms with Crippen LogP contribution in [0.3, 0.4) is 0 Å². The number of piperidine rings is 1. The number of aliphatic hydroxyl groups is 1. The van der Waals surface area contributed by atoms with Crippen molar-refractivity contribution >= 4 is 0 Å². The molecule has 0 aliphatic carbocycles. The third-order valence-electron chi connectivity index (χ3n) is 2.92. The summed E-state index contributed by atoms with van der Waals surface area (Å²) in [5.74, 6) is 0.453. The lowest BCUT2D eigenvalue weighted by Crippen LogP contribution is -2.45. The Kier molecular flexibility index (Phi) is 4.16. The zero-order valence-electron chi connectivity index (χ0n) is 8.86. The van der Waals surface area contributed by atoms with Crippen LogP contribution in [0.1, 0.15) is 20.3 Å². The smallest absolute Gasteiger partial charge is 0.0693 e. The predicted octanol–water partition coefficient (Wildman–Crippen LogP) is 0.724. The van der Waals surface area contributed by atoms with E-state index in [9.17, 15) is 5.11 Å². The molecule has 0 radical (unpaired) electrons. The van der Waals surface area contributed by atoms with Crippen LogP contribution in [0.2, 0.25) is 0 Å². The summed E-state index contributed by atoms with van der Waals surface area (Å²) in [4.78, 5) is 2.28. The lowest BCUT2D eigenvalue weighted by molar-refractivity contribution is 0.00295. The van der Waals surface area contributed by atoms with Crippen molar-refractivity contribution in [1.82, 2.24) is 4.90 Å². The molecule has 0 spiro atoms. The highest BCUT2D eigenvalue weighted by molar-refractivity contribution is 4.78. The van der Waals surface area contributed by atoms with E-state index in [1.54, 1.807) is 7.11 Å². The molecule has 1 fully saturated rings. The van der Waals surface area contributed by atoms with E-state index in [-0.39, 0.29) is 12.2 Å². The van der Waals surface area contributed by atoms with Crippen LogP contribution in [0.4, 0.5) is 0 Å². The zero-order chi connectivity index (χ0) is 9.84. The van der Waals surface area contributed by atoms with Gasteiger partial charge in [-0.25, -0.2) is 0 Å². The standard InChI is InChI=1S/C10H21NO2/c1-8-4-5-11(7-10(8)12)6-9(2)13-3/h8-10,12H,4-7H2,1-3H3. The predicted molar refractivity (Wildman–Crippen MR) is 52.7 cm³/mol. The molecule has 0 amide bonds. The summed E-state index contributed by atoms with van der Waals surface area (Å²) >= 11 is 0. The van der Waals surface area contributed by atoms with Gasteiger partial charge in [0, 0.05) is 20.2 Å². The minimum absolute atomic E-state index is 0.155. The van der Waals surface area contributed by atoms with Gasteiger partial charge >= 0.3 is 0 Å². The van der Waals surface area contributed by atoms with Crippen LogP contribution in [0.25, 0.3) is 0 Å². The summed E-state index contributed by atoms with van der Waals surface area (Å²) in [6.45, 7) is 6.99. The van der Waals surface area contributed by atoms with E-state index in [2.05, 4.69) is 18.7 Å². The molecule has 1 heterocycles. The van der Waals surface area contributed by atoms with Crippen LogP contribution in [0, 0.1) is 5.92 Å². The first-order valence-electron chi connectivity index (χ1n) is 5.06. The lowest BCUT2D eigenvalue weighted by Gasteiger charge is -2.35. The molecule has 0 aromatic heterocycles. The number of hydrogen-bond acceptors (Lipinski definition) is 3. The SMILES string of the molecule is COC(C)CN1CCC(C)C(O)C1. The van der Waals surface area contributed by atoms with Crippen molar-refractivity contribution in [3.05, 3.63) is 0 Å². The largest absolute Gasteiger partial charge is 0.392 e. The van der Waals surface area contributed by atoms with Crippen molar-refractivity contribution < 1.29 is 9.84 Å². The first-order valence-corrected chi connectivity index (χ1v) is 5.06. The van der Waals surface area contributed by atoms with E-state index in [4.69, 9.17) is 4.74 Å². The van der Waals surface area contributed by atoms with E-state index in [0.717, 1.165) is 26.1 Å². The second kappa shape index (κ2) is 4.94. The molecule has 0 saturated carbocycles. The number of methoxy groups -OCH3 is 1. The molecule has 1 saturated heterocycles. The van der Waals surface area contributed by atoms with Gasteiger partial charge in [0.05, 0.1) is 12.2 Å². The number of ether oxygens (including phenoxy) is 1. The summed E-state index contributed by atoms with van der Waals surface area (Å²) in [6.07, 6.45) is 1.20. The zero-order valence-corrected chi connectivity index (χ0v) is 8.86. The highest BCUT2D eigenvalue weighted by atomic mass is 16.5. The van der Waals surface area contributed by atoms with Gasteiger partial charge in [0.2, 0.25) is 0 Å². The van der Waals surface area contributed by atoms with Crippen molar-refractivity contribution in [2.75, 3.05) is 26.7 Å². The Morgan fingerprint density at radius 1 is 1.62 bits per heavy atom. The topological polar surface area (TPSA) is 32.7 Å². The third kappa shape index (κ3) is 3.25. The molecule has 1 N–H and O–H groups in total. The molecule has 3 heteroatoms. The fourth-order valence-corrected chi connectivity index (χ4v) is 1.72. The molecule has 78 valence electrons. The number of aliphatic hydroxyl groups excluding tert-OH is 1. The van der Waals surface area contributed by atoms with Gasteiger partial charge in [-0.3, -0.25) is 4.90 Å². The highest BCUT2D eigenvalue weighted by Crippen LogP contribution is 2.17. The van der Waals surface area contributed by atoms with Crippen LogP contribution in [-0.2, 0) is 4.74 Å². The lowest BCUT2D eigenvalue weighted by atomic mass is 9.96. The highest BCUT2D eigenvalue weighted by Gasteiger charge is 2.24. The van der Waals surface area contributed by atoms with Gasteiger partial charge < -0.3 is 9.84 Å². The van der Waals surface area contributed by atoms with E-state index in [0.29, 0.717) is 5.92 Å². The Bertz CT molecular complexity index is 150. The van der Waals surface area contributed by atoms with Gasteiger partial charge in [0.1, 0.15) is 0 Å². The molecular weight excluding hydrogens is 166 g/mol. The number of rotatable bonds is 3. The van der Waals surface area contributed by atoms with Crippen LogP contribution in [-0.4, -0.2) is 49.0 Å². The van der Waals surface area contributed by atoms with Gasteiger partial charge in [-0.1, -0.05) is 6.92 Å². The van der Waals surface area contributed by atoms with Crippen molar-refractivity contribution in [1.29, 1.82) is 0 Å². The fraction of sp³-hybridized carbons (Fsp3) is 1.00. The maximum Gasteiger partial charge on any atom is 0.0693 e. The Hall–Kier alpha value is -0.120. The second-order valence-electron chi connectivity index (χ2n) is 4.14. The van der Waals surface area contributed by atoms with Gasteiger partial charge in [-0.15, -0.1) is 0 Å². The maximum atomic E-state index is 9.65. The summed E-state index contributed by atoms with van der Waals surface area (Å²) in [5.41, 5.74) is 0. The minimum atomic E-state index is -0.155. The molecule has 1 rings (SSSR count). The molecule has 3 atom stereocenters. The Morgan fingerprint density at radius 3 is 2.85 bits per heavy atom. The molecule has 13 heavy (non-hydrogen) atoms. The van der Waals surface area contributed by atoms with Gasteiger partial charge in [-0.2, -0.15) is 0 Å². The normalized spacial score (nSPS) is 33.2.